The molecular formula is C24H30BrNO4S. The van der Waals surface area contributed by atoms with Gasteiger partial charge >= 0.3 is 0 Å². The largest absolute Gasteiger partial charge is 0.335 e. The third kappa shape index (κ3) is 5.32. The maximum absolute atomic E-state index is 13.2. The summed E-state index contributed by atoms with van der Waals surface area (Å²) in [7, 11) is -3.70. The fraction of sp³-hybridized carbons (Fsp3) is 0.500. The van der Waals surface area contributed by atoms with E-state index in [0.29, 0.717) is 0 Å². The van der Waals surface area contributed by atoms with Crippen molar-refractivity contribution < 1.29 is 17.9 Å². The van der Waals surface area contributed by atoms with Gasteiger partial charge in [0.05, 0.1) is 11.4 Å². The molecule has 31 heavy (non-hydrogen) atoms. The van der Waals surface area contributed by atoms with Gasteiger partial charge in [0.15, 0.2) is 11.9 Å². The molecule has 0 saturated carbocycles. The molecule has 1 aromatic carbocycles. The van der Waals surface area contributed by atoms with Gasteiger partial charge in [-0.05, 0) is 59.1 Å². The number of halogens is 1. The summed E-state index contributed by atoms with van der Waals surface area (Å²) in [5, 5.41) is 0. The standard InChI is InChI=1S/C24H30BrNO4S/c1-18(2)17-26(31(27,28)20-13-11-19(3)12-14-20)16-8-10-22-24(30-23(4,5)29-22)15-7-6-9-21(24)25/h9,11-14,22H,1,6-7,15-17H2,2-5H3/t22-,24+/m0/s1. The zero-order valence-electron chi connectivity index (χ0n) is 18.6. The first-order chi connectivity index (χ1) is 14.5. The number of rotatable bonds is 5. The van der Waals surface area contributed by atoms with E-state index in [9.17, 15) is 8.42 Å². The lowest BCUT2D eigenvalue weighted by Gasteiger charge is -2.34. The van der Waals surface area contributed by atoms with Crippen molar-refractivity contribution in [1.29, 1.82) is 0 Å². The van der Waals surface area contributed by atoms with Crippen LogP contribution in [0.3, 0.4) is 0 Å². The Hall–Kier alpha value is -1.43. The van der Waals surface area contributed by atoms with Crippen LogP contribution < -0.4 is 0 Å². The Kier molecular flexibility index (Phi) is 7.19. The maximum atomic E-state index is 13.2. The molecular weight excluding hydrogens is 478 g/mol. The van der Waals surface area contributed by atoms with E-state index in [4.69, 9.17) is 9.47 Å². The first-order valence-corrected chi connectivity index (χ1v) is 12.6. The third-order valence-electron chi connectivity index (χ3n) is 5.33. The minimum Gasteiger partial charge on any atom is -0.335 e. The quantitative estimate of drug-likeness (QED) is 0.419. The third-order valence-corrected chi connectivity index (χ3v) is 8.13. The number of aryl methyl sites for hydroxylation is 1. The Bertz CT molecular complexity index is 1030. The first-order valence-electron chi connectivity index (χ1n) is 10.4. The van der Waals surface area contributed by atoms with Gasteiger partial charge in [-0.15, -0.1) is 0 Å². The van der Waals surface area contributed by atoms with Crippen molar-refractivity contribution in [3.63, 3.8) is 0 Å². The van der Waals surface area contributed by atoms with Crippen LogP contribution in [0.4, 0.5) is 0 Å². The van der Waals surface area contributed by atoms with Crippen LogP contribution >= 0.6 is 15.9 Å². The van der Waals surface area contributed by atoms with Crippen LogP contribution in [0.15, 0.2) is 51.9 Å². The van der Waals surface area contributed by atoms with Crippen LogP contribution in [0.5, 0.6) is 0 Å². The Morgan fingerprint density at radius 3 is 2.61 bits per heavy atom. The number of allylic oxidation sites excluding steroid dienone is 1. The molecule has 1 spiro atoms. The van der Waals surface area contributed by atoms with Crippen molar-refractivity contribution in [2.45, 2.75) is 69.3 Å². The van der Waals surface area contributed by atoms with Gasteiger partial charge in [0.1, 0.15) is 5.60 Å². The average molecular weight is 508 g/mol. The predicted octanol–water partition coefficient (Wildman–Crippen LogP) is 4.92. The van der Waals surface area contributed by atoms with E-state index in [-0.39, 0.29) is 18.0 Å². The summed E-state index contributed by atoms with van der Waals surface area (Å²) in [4.78, 5) is 0.247. The first kappa shape index (κ1) is 24.2. The van der Waals surface area contributed by atoms with E-state index >= 15 is 0 Å². The molecule has 1 aromatic rings. The van der Waals surface area contributed by atoms with E-state index in [0.717, 1.165) is 34.9 Å². The second-order valence-electron chi connectivity index (χ2n) is 8.70. The average Bonchev–Trinajstić information content (AvgIpc) is 2.94. The highest BCUT2D eigenvalue weighted by molar-refractivity contribution is 9.11. The molecule has 1 saturated heterocycles. The van der Waals surface area contributed by atoms with Crippen LogP contribution in [-0.2, 0) is 19.5 Å². The Balaban J connectivity index is 1.87. The maximum Gasteiger partial charge on any atom is 0.244 e. The van der Waals surface area contributed by atoms with Crippen LogP contribution in [0.2, 0.25) is 0 Å². The van der Waals surface area contributed by atoms with Gasteiger partial charge in [-0.25, -0.2) is 8.42 Å². The topological polar surface area (TPSA) is 55.8 Å². The van der Waals surface area contributed by atoms with Crippen molar-refractivity contribution in [2.75, 3.05) is 13.1 Å². The number of hydrogen-bond donors (Lipinski definition) is 0. The van der Waals surface area contributed by atoms with Crippen molar-refractivity contribution in [1.82, 2.24) is 4.31 Å². The molecule has 1 heterocycles. The minimum atomic E-state index is -3.70. The molecule has 168 valence electrons. The molecule has 2 aliphatic rings. The number of hydrogen-bond acceptors (Lipinski definition) is 4. The van der Waals surface area contributed by atoms with Crippen LogP contribution in [0.1, 0.15) is 45.6 Å². The lowest BCUT2D eigenvalue weighted by atomic mass is 9.86. The Labute approximate surface area is 194 Å². The van der Waals surface area contributed by atoms with E-state index in [1.807, 2.05) is 20.8 Å². The fourth-order valence-electron chi connectivity index (χ4n) is 3.90. The summed E-state index contributed by atoms with van der Waals surface area (Å²) in [6.45, 7) is 11.6. The molecule has 0 amide bonds. The molecule has 7 heteroatoms. The molecule has 5 nitrogen and oxygen atoms in total. The zero-order valence-corrected chi connectivity index (χ0v) is 21.0. The second kappa shape index (κ2) is 9.21. The molecule has 0 bridgehead atoms. The highest BCUT2D eigenvalue weighted by Crippen LogP contribution is 2.48. The summed E-state index contributed by atoms with van der Waals surface area (Å²) >= 11 is 3.66. The summed E-state index contributed by atoms with van der Waals surface area (Å²) in [6, 6.07) is 6.83. The number of ether oxygens (including phenoxy) is 2. The van der Waals surface area contributed by atoms with Gasteiger partial charge < -0.3 is 9.47 Å². The van der Waals surface area contributed by atoms with Crippen molar-refractivity contribution in [3.8, 4) is 11.8 Å². The number of nitrogens with zero attached hydrogens (tertiary/aromatic N) is 1. The summed E-state index contributed by atoms with van der Waals surface area (Å²) in [5.74, 6) is 5.44. The molecule has 1 fully saturated rings. The smallest absolute Gasteiger partial charge is 0.244 e. The molecule has 1 aliphatic heterocycles. The predicted molar refractivity (Wildman–Crippen MR) is 126 cm³/mol. The van der Waals surface area contributed by atoms with Crippen molar-refractivity contribution >= 4 is 26.0 Å². The molecule has 1 aliphatic carbocycles. The lowest BCUT2D eigenvalue weighted by Crippen LogP contribution is -2.41. The zero-order chi connectivity index (χ0) is 22.9. The van der Waals surface area contributed by atoms with Gasteiger partial charge in [0.25, 0.3) is 0 Å². The van der Waals surface area contributed by atoms with Crippen molar-refractivity contribution in [2.24, 2.45) is 0 Å². The number of benzene rings is 1. The fourth-order valence-corrected chi connectivity index (χ4v) is 6.01. The van der Waals surface area contributed by atoms with Crippen LogP contribution in [0, 0.1) is 18.8 Å². The SMILES string of the molecule is C=C(C)CN(CC#C[C@@H]1OC(C)(C)O[C@@]12CCCC=C2Br)S(=O)(=O)c1ccc(C)cc1. The molecule has 0 unspecified atom stereocenters. The van der Waals surface area contributed by atoms with Gasteiger partial charge in [0, 0.05) is 11.0 Å². The summed E-state index contributed by atoms with van der Waals surface area (Å²) in [6.07, 6.45) is 4.38. The molecule has 3 rings (SSSR count). The minimum absolute atomic E-state index is 0.0424. The van der Waals surface area contributed by atoms with Gasteiger partial charge in [-0.3, -0.25) is 0 Å². The monoisotopic (exact) mass is 507 g/mol. The van der Waals surface area contributed by atoms with Gasteiger partial charge in [-0.2, -0.15) is 4.31 Å². The summed E-state index contributed by atoms with van der Waals surface area (Å²) < 4.78 is 41.1. The summed E-state index contributed by atoms with van der Waals surface area (Å²) in [5.41, 5.74) is 1.10. The molecule has 0 N–H and O–H groups in total. The van der Waals surface area contributed by atoms with Crippen molar-refractivity contribution in [3.05, 3.63) is 52.5 Å². The normalized spacial score (nSPS) is 25.2. The van der Waals surface area contributed by atoms with E-state index in [2.05, 4.69) is 40.4 Å². The van der Waals surface area contributed by atoms with E-state index < -0.39 is 27.5 Å². The van der Waals surface area contributed by atoms with E-state index in [1.54, 1.807) is 31.2 Å². The van der Waals surface area contributed by atoms with Crippen LogP contribution in [-0.4, -0.2) is 43.3 Å². The van der Waals surface area contributed by atoms with E-state index in [1.165, 1.54) is 4.31 Å². The van der Waals surface area contributed by atoms with Crippen LogP contribution in [0.25, 0.3) is 0 Å². The molecule has 0 radical (unpaired) electrons. The second-order valence-corrected chi connectivity index (χ2v) is 11.5. The number of sulfonamides is 1. The highest BCUT2D eigenvalue weighted by atomic mass is 79.9. The Morgan fingerprint density at radius 1 is 1.32 bits per heavy atom. The highest BCUT2D eigenvalue weighted by Gasteiger charge is 2.54. The Morgan fingerprint density at radius 2 is 2.00 bits per heavy atom. The van der Waals surface area contributed by atoms with Gasteiger partial charge in [0.2, 0.25) is 10.0 Å². The van der Waals surface area contributed by atoms with Gasteiger partial charge in [-0.1, -0.05) is 63.7 Å². The lowest BCUT2D eigenvalue weighted by molar-refractivity contribution is -0.155. The molecule has 0 aromatic heterocycles. The molecule has 2 atom stereocenters.